The lowest BCUT2D eigenvalue weighted by molar-refractivity contribution is -0.137. The molecule has 2 aromatic carbocycles. The molecule has 0 unspecified atom stereocenters. The second-order valence-corrected chi connectivity index (χ2v) is 11.6. The second-order valence-electron chi connectivity index (χ2n) is 11.6. The van der Waals surface area contributed by atoms with Crippen molar-refractivity contribution in [3.63, 3.8) is 0 Å². The van der Waals surface area contributed by atoms with Crippen LogP contribution in [0.5, 0.6) is 5.75 Å². The molecule has 0 amide bonds. The average molecular weight is 582 g/mol. The fourth-order valence-corrected chi connectivity index (χ4v) is 5.55. The monoisotopic (exact) mass is 581 g/mol. The first-order valence-corrected chi connectivity index (χ1v) is 14.1. The Bertz CT molecular complexity index is 1500. The maximum atomic E-state index is 15.9. The number of rotatable bonds is 12. The molecular formula is C33H38F3N3O3. The smallest absolute Gasteiger partial charge is 0.303 e. The molecule has 0 fully saturated rings. The van der Waals surface area contributed by atoms with E-state index < -0.39 is 29.3 Å². The first kappa shape index (κ1) is 31.1. The minimum atomic E-state index is -1.59. The highest BCUT2D eigenvalue weighted by atomic mass is 19.1. The van der Waals surface area contributed by atoms with Gasteiger partial charge in [-0.1, -0.05) is 29.8 Å². The van der Waals surface area contributed by atoms with Crippen molar-refractivity contribution in [3.8, 4) is 5.75 Å². The number of ether oxygens (including phenoxy) is 1. The highest BCUT2D eigenvalue weighted by molar-refractivity contribution is 5.85. The molecule has 0 saturated heterocycles. The number of aromatic nitrogens is 1. The van der Waals surface area contributed by atoms with Gasteiger partial charge in [-0.3, -0.25) is 14.7 Å². The Balaban J connectivity index is 1.62. The molecule has 0 saturated carbocycles. The van der Waals surface area contributed by atoms with Crippen molar-refractivity contribution in [2.75, 3.05) is 13.2 Å². The van der Waals surface area contributed by atoms with Gasteiger partial charge in [0.2, 0.25) is 0 Å². The Hall–Kier alpha value is -3.85. The standard InChI is InChI=1S/C33H38F3N3O3/c1-20(9-8-12-29(40)41)13-14-22(37-5)18-42-23-16-26(34)30(27(35)17-23)32-31-25(24-10-6-7-11-28(24)38-31)15-21(2)39(32)19-33(3,4)36/h6-7,10-11,13-14,16-17,21,32,38H,5,8-9,12,15,18-19H2,1-4H3,(H,40,41)/b20-13+,22-14-/t21-,32-/m1/s1. The predicted octanol–water partition coefficient (Wildman–Crippen LogP) is 7.69. The number of carbonyl (C=O) groups is 1. The normalized spacial score (nSPS) is 18.3. The van der Waals surface area contributed by atoms with E-state index in [4.69, 9.17) is 9.84 Å². The van der Waals surface area contributed by atoms with Gasteiger partial charge in [-0.15, -0.1) is 0 Å². The van der Waals surface area contributed by atoms with Gasteiger partial charge in [0.15, 0.2) is 0 Å². The summed E-state index contributed by atoms with van der Waals surface area (Å²) in [4.78, 5) is 19.8. The molecule has 2 N–H and O–H groups in total. The van der Waals surface area contributed by atoms with Crippen LogP contribution in [0.3, 0.4) is 0 Å². The molecule has 224 valence electrons. The first-order valence-electron chi connectivity index (χ1n) is 14.1. The predicted molar refractivity (Wildman–Crippen MR) is 160 cm³/mol. The van der Waals surface area contributed by atoms with Gasteiger partial charge < -0.3 is 14.8 Å². The van der Waals surface area contributed by atoms with Crippen LogP contribution in [0, 0.1) is 11.6 Å². The van der Waals surface area contributed by atoms with Crippen molar-refractivity contribution in [2.45, 2.75) is 71.1 Å². The number of allylic oxidation sites excluding steroid dienone is 3. The lowest BCUT2D eigenvalue weighted by Gasteiger charge is -2.43. The Labute approximate surface area is 244 Å². The number of carboxylic acid groups (broad SMARTS) is 1. The molecular weight excluding hydrogens is 543 g/mol. The van der Waals surface area contributed by atoms with Gasteiger partial charge >= 0.3 is 5.97 Å². The summed E-state index contributed by atoms with van der Waals surface area (Å²) < 4.78 is 52.4. The van der Waals surface area contributed by atoms with Gasteiger partial charge in [0.1, 0.15) is 29.7 Å². The molecule has 0 aliphatic carbocycles. The maximum Gasteiger partial charge on any atom is 0.303 e. The number of para-hydroxylation sites is 1. The zero-order chi connectivity index (χ0) is 30.6. The van der Waals surface area contributed by atoms with E-state index in [2.05, 4.69) is 16.7 Å². The van der Waals surface area contributed by atoms with E-state index >= 15 is 8.78 Å². The van der Waals surface area contributed by atoms with Crippen molar-refractivity contribution in [2.24, 2.45) is 4.99 Å². The van der Waals surface area contributed by atoms with Crippen LogP contribution in [0.4, 0.5) is 13.2 Å². The van der Waals surface area contributed by atoms with Crippen LogP contribution in [0.25, 0.3) is 10.9 Å². The topological polar surface area (TPSA) is 77.9 Å². The number of fused-ring (bicyclic) bond motifs is 3. The summed E-state index contributed by atoms with van der Waals surface area (Å²) in [7, 11) is 0. The van der Waals surface area contributed by atoms with Crippen LogP contribution in [-0.2, 0) is 11.2 Å². The highest BCUT2D eigenvalue weighted by Crippen LogP contribution is 2.43. The van der Waals surface area contributed by atoms with E-state index in [0.29, 0.717) is 30.7 Å². The third kappa shape index (κ3) is 7.31. The number of carboxylic acids is 1. The number of nitrogens with one attached hydrogen (secondary N) is 1. The summed E-state index contributed by atoms with van der Waals surface area (Å²) >= 11 is 0. The van der Waals surface area contributed by atoms with E-state index in [1.165, 1.54) is 13.8 Å². The molecule has 2 atom stereocenters. The van der Waals surface area contributed by atoms with Crippen molar-refractivity contribution >= 4 is 23.6 Å². The van der Waals surface area contributed by atoms with E-state index in [1.54, 1.807) is 12.2 Å². The molecule has 4 rings (SSSR count). The Morgan fingerprint density at radius 1 is 1.21 bits per heavy atom. The lowest BCUT2D eigenvalue weighted by atomic mass is 9.87. The number of aliphatic imine (C=N–C) groups is 1. The average Bonchev–Trinajstić information content (AvgIpc) is 3.27. The quantitative estimate of drug-likeness (QED) is 0.170. The second kappa shape index (κ2) is 13.0. The van der Waals surface area contributed by atoms with E-state index in [-0.39, 0.29) is 36.9 Å². The minimum absolute atomic E-state index is 0.00677. The molecule has 1 aliphatic heterocycles. The summed E-state index contributed by atoms with van der Waals surface area (Å²) in [5.74, 6) is -2.43. The Kier molecular flexibility index (Phi) is 9.61. The number of aliphatic carboxylic acids is 1. The molecule has 3 aromatic rings. The molecule has 42 heavy (non-hydrogen) atoms. The van der Waals surface area contributed by atoms with Crippen LogP contribution in [0.2, 0.25) is 0 Å². The van der Waals surface area contributed by atoms with Crippen LogP contribution in [0.15, 0.2) is 64.8 Å². The zero-order valence-corrected chi connectivity index (χ0v) is 24.5. The van der Waals surface area contributed by atoms with Crippen LogP contribution in [-0.4, -0.2) is 52.5 Å². The van der Waals surface area contributed by atoms with E-state index in [0.717, 1.165) is 34.2 Å². The molecule has 1 aliphatic rings. The molecule has 0 bridgehead atoms. The number of H-pyrrole nitrogens is 1. The van der Waals surface area contributed by atoms with Crippen molar-refractivity contribution in [1.29, 1.82) is 0 Å². The molecule has 9 heteroatoms. The lowest BCUT2D eigenvalue weighted by Crippen LogP contribution is -2.48. The van der Waals surface area contributed by atoms with Gasteiger partial charge in [-0.2, -0.15) is 0 Å². The van der Waals surface area contributed by atoms with Crippen molar-refractivity contribution in [1.82, 2.24) is 9.88 Å². The van der Waals surface area contributed by atoms with Crippen LogP contribution in [0.1, 0.15) is 69.8 Å². The van der Waals surface area contributed by atoms with Gasteiger partial charge in [0.05, 0.1) is 11.7 Å². The number of hydrogen-bond acceptors (Lipinski definition) is 4. The van der Waals surface area contributed by atoms with E-state index in [1.807, 2.05) is 43.0 Å². The fourth-order valence-electron chi connectivity index (χ4n) is 5.55. The van der Waals surface area contributed by atoms with Crippen LogP contribution < -0.4 is 4.74 Å². The molecule has 0 radical (unpaired) electrons. The van der Waals surface area contributed by atoms with Crippen LogP contribution >= 0.6 is 0 Å². The summed E-state index contributed by atoms with van der Waals surface area (Å²) in [5, 5.41) is 9.78. The Morgan fingerprint density at radius 3 is 2.55 bits per heavy atom. The highest BCUT2D eigenvalue weighted by Gasteiger charge is 2.41. The van der Waals surface area contributed by atoms with Gasteiger partial charge in [-0.25, -0.2) is 13.2 Å². The zero-order valence-electron chi connectivity index (χ0n) is 24.5. The molecule has 6 nitrogen and oxygen atoms in total. The molecule has 2 heterocycles. The van der Waals surface area contributed by atoms with Gasteiger partial charge in [0, 0.05) is 53.3 Å². The number of benzene rings is 2. The number of nitrogens with zero attached hydrogens (tertiary/aromatic N) is 2. The van der Waals surface area contributed by atoms with Gasteiger partial charge in [-0.05, 0) is 71.4 Å². The summed E-state index contributed by atoms with van der Waals surface area (Å²) in [6.45, 7) is 10.2. The first-order chi connectivity index (χ1) is 19.9. The van der Waals surface area contributed by atoms with E-state index in [9.17, 15) is 9.18 Å². The third-order valence-electron chi connectivity index (χ3n) is 7.51. The number of aromatic amines is 1. The van der Waals surface area contributed by atoms with Crippen molar-refractivity contribution < 1.29 is 27.8 Å². The number of hydrogen-bond donors (Lipinski definition) is 2. The summed E-state index contributed by atoms with van der Waals surface area (Å²) in [6, 6.07) is 9.00. The number of halogens is 3. The molecule has 0 spiro atoms. The van der Waals surface area contributed by atoms with Gasteiger partial charge in [0.25, 0.3) is 0 Å². The largest absolute Gasteiger partial charge is 0.487 e. The maximum absolute atomic E-state index is 15.9. The molecule has 1 aromatic heterocycles. The fraction of sp³-hybridized carbons (Fsp3) is 0.394. The minimum Gasteiger partial charge on any atom is -0.487 e. The Morgan fingerprint density at radius 2 is 1.90 bits per heavy atom. The van der Waals surface area contributed by atoms with Crippen molar-refractivity contribution in [3.05, 3.63) is 88.3 Å². The summed E-state index contributed by atoms with van der Waals surface area (Å²) in [6.07, 6.45) is 5.31. The number of alkyl halides is 1. The SMILES string of the molecule is C=N/C(=C\C=C(/C)CCCC(=O)O)COc1cc(F)c([C@@H]2c3[nH]c4ccccc4c3C[C@@H](C)N2CC(C)(C)F)c(F)c1. The summed E-state index contributed by atoms with van der Waals surface area (Å²) in [5.41, 5.74) is 2.16. The third-order valence-corrected chi connectivity index (χ3v) is 7.51.